The third kappa shape index (κ3) is 6.27. The van der Waals surface area contributed by atoms with Crippen LogP contribution < -0.4 is 4.74 Å². The Morgan fingerprint density at radius 1 is 1.22 bits per heavy atom. The van der Waals surface area contributed by atoms with E-state index in [1.54, 1.807) is 6.07 Å². The molecular formula is C24H29ClF2N2O2S. The quantitative estimate of drug-likeness (QED) is 0.395. The van der Waals surface area contributed by atoms with Crippen molar-refractivity contribution < 1.29 is 18.3 Å². The molecule has 0 atom stereocenters. The smallest absolute Gasteiger partial charge is 0.273 e. The Kier molecular flexibility index (Phi) is 8.13. The lowest BCUT2D eigenvalue weighted by molar-refractivity contribution is 0.0815. The Hall–Kier alpha value is -1.57. The largest absolute Gasteiger partial charge is 0.464 e. The van der Waals surface area contributed by atoms with Gasteiger partial charge in [-0.1, -0.05) is 47.9 Å². The first-order valence-corrected chi connectivity index (χ1v) is 12.6. The Balaban J connectivity index is 1.18. The van der Waals surface area contributed by atoms with Crippen LogP contribution in [-0.2, 0) is 13.0 Å². The molecule has 2 heterocycles. The highest BCUT2D eigenvalue weighted by atomic mass is 35.5. The molecule has 174 valence electrons. The summed E-state index contributed by atoms with van der Waals surface area (Å²) in [6, 6.07) is 7.30. The third-order valence-corrected chi connectivity index (χ3v) is 7.99. The summed E-state index contributed by atoms with van der Waals surface area (Å²) in [5.41, 5.74) is 1.62. The zero-order chi connectivity index (χ0) is 22.5. The molecular weight excluding hydrogens is 454 g/mol. The maximum Gasteiger partial charge on any atom is 0.273 e. The van der Waals surface area contributed by atoms with Crippen LogP contribution in [0, 0.1) is 11.8 Å². The van der Waals surface area contributed by atoms with Gasteiger partial charge in [-0.05, 0) is 56.2 Å². The maximum absolute atomic E-state index is 12.6. The number of ketones is 1. The van der Waals surface area contributed by atoms with E-state index in [1.165, 1.54) is 24.2 Å². The Labute approximate surface area is 196 Å². The number of nitrogens with zero attached hydrogens (tertiary/aromatic N) is 2. The fourth-order valence-electron chi connectivity index (χ4n) is 4.76. The van der Waals surface area contributed by atoms with Crippen LogP contribution in [-0.4, -0.2) is 41.8 Å². The van der Waals surface area contributed by atoms with Gasteiger partial charge in [0.05, 0.1) is 10.7 Å². The van der Waals surface area contributed by atoms with Crippen LogP contribution in [0.5, 0.6) is 5.19 Å². The summed E-state index contributed by atoms with van der Waals surface area (Å²) in [6.45, 7) is 2.18. The summed E-state index contributed by atoms with van der Waals surface area (Å²) in [7, 11) is 0. The van der Waals surface area contributed by atoms with Gasteiger partial charge in [0.15, 0.2) is 12.4 Å². The average Bonchev–Trinajstić information content (AvgIpc) is 3.20. The molecule has 1 fully saturated rings. The molecule has 0 radical (unpaired) electrons. The van der Waals surface area contributed by atoms with E-state index < -0.39 is 13.0 Å². The molecule has 1 aromatic carbocycles. The van der Waals surface area contributed by atoms with Gasteiger partial charge in [0.2, 0.25) is 0 Å². The van der Waals surface area contributed by atoms with Gasteiger partial charge in [0, 0.05) is 30.0 Å². The fraction of sp³-hybridized carbons (Fsp3) is 0.583. The number of thiazole rings is 1. The van der Waals surface area contributed by atoms with Crippen LogP contribution in [0.25, 0.3) is 0 Å². The van der Waals surface area contributed by atoms with Crippen molar-refractivity contribution in [3.05, 3.63) is 45.4 Å². The Morgan fingerprint density at radius 3 is 2.72 bits per heavy atom. The first-order valence-electron chi connectivity index (χ1n) is 11.4. The van der Waals surface area contributed by atoms with Gasteiger partial charge in [-0.15, -0.1) is 0 Å². The molecule has 1 aliphatic heterocycles. The lowest BCUT2D eigenvalue weighted by atomic mass is 9.78. The van der Waals surface area contributed by atoms with Gasteiger partial charge in [-0.3, -0.25) is 9.69 Å². The number of carbonyl (C=O) groups excluding carboxylic acids is 1. The summed E-state index contributed by atoms with van der Waals surface area (Å²) >= 11 is 7.57. The van der Waals surface area contributed by atoms with Crippen molar-refractivity contribution in [1.82, 2.24) is 9.88 Å². The summed E-state index contributed by atoms with van der Waals surface area (Å²) < 4.78 is 29.8. The van der Waals surface area contributed by atoms with Crippen molar-refractivity contribution in [2.24, 2.45) is 11.8 Å². The minimum atomic E-state index is -2.48. The molecule has 2 aliphatic rings. The molecule has 4 nitrogen and oxygen atoms in total. The SMILES string of the molecule is O=C(CC1CCC(CCN2CCc3sc(OCC(F)F)nc3C2)CC1)c1ccccc1Cl. The van der Waals surface area contributed by atoms with Crippen molar-refractivity contribution in [2.75, 3.05) is 19.7 Å². The van der Waals surface area contributed by atoms with Gasteiger partial charge >= 0.3 is 0 Å². The Bertz CT molecular complexity index is 915. The minimum absolute atomic E-state index is 0.156. The number of hydrogen-bond donors (Lipinski definition) is 0. The normalized spacial score (nSPS) is 21.5. The van der Waals surface area contributed by atoms with Gasteiger partial charge in [-0.25, -0.2) is 13.8 Å². The number of alkyl halides is 2. The molecule has 32 heavy (non-hydrogen) atoms. The zero-order valence-corrected chi connectivity index (χ0v) is 19.6. The van der Waals surface area contributed by atoms with E-state index in [0.29, 0.717) is 34.0 Å². The lowest BCUT2D eigenvalue weighted by Crippen LogP contribution is -2.32. The van der Waals surface area contributed by atoms with Gasteiger partial charge < -0.3 is 4.74 Å². The number of hydrogen-bond acceptors (Lipinski definition) is 5. The maximum atomic E-state index is 12.6. The first kappa shape index (κ1) is 23.6. The van der Waals surface area contributed by atoms with Crippen molar-refractivity contribution in [3.63, 3.8) is 0 Å². The third-order valence-electron chi connectivity index (χ3n) is 6.59. The van der Waals surface area contributed by atoms with Crippen molar-refractivity contribution in [1.29, 1.82) is 0 Å². The molecule has 4 rings (SSSR count). The molecule has 0 amide bonds. The standard InChI is InChI=1S/C24H29ClF2N2O2S/c25-19-4-2-1-3-18(19)21(30)13-17-7-5-16(6-8-17)9-11-29-12-10-22-20(14-29)28-24(32-22)31-15-23(26)27/h1-4,16-17,23H,5-15H2. The van der Waals surface area contributed by atoms with E-state index in [-0.39, 0.29) is 5.78 Å². The predicted molar refractivity (Wildman–Crippen MR) is 123 cm³/mol. The predicted octanol–water partition coefficient (Wildman–Crippen LogP) is 6.27. The van der Waals surface area contributed by atoms with E-state index in [9.17, 15) is 13.6 Å². The number of Topliss-reactive ketones (excluding diaryl/α,β-unsaturated/α-hetero) is 1. The number of fused-ring (bicyclic) bond motifs is 1. The zero-order valence-electron chi connectivity index (χ0n) is 18.1. The summed E-state index contributed by atoms with van der Waals surface area (Å²) in [5, 5.41) is 0.908. The molecule has 1 saturated carbocycles. The minimum Gasteiger partial charge on any atom is -0.464 e. The van der Waals surface area contributed by atoms with Gasteiger partial charge in [0.1, 0.15) is 0 Å². The van der Waals surface area contributed by atoms with Crippen LogP contribution in [0.4, 0.5) is 8.78 Å². The van der Waals surface area contributed by atoms with E-state index in [1.807, 2.05) is 18.2 Å². The van der Waals surface area contributed by atoms with Crippen LogP contribution >= 0.6 is 22.9 Å². The van der Waals surface area contributed by atoms with E-state index in [0.717, 1.165) is 55.9 Å². The Morgan fingerprint density at radius 2 is 1.97 bits per heavy atom. The number of rotatable bonds is 9. The number of aromatic nitrogens is 1. The highest BCUT2D eigenvalue weighted by Gasteiger charge is 2.26. The number of benzene rings is 1. The molecule has 1 aliphatic carbocycles. The van der Waals surface area contributed by atoms with Crippen molar-refractivity contribution in [3.8, 4) is 5.19 Å². The highest BCUT2D eigenvalue weighted by molar-refractivity contribution is 7.13. The second-order valence-electron chi connectivity index (χ2n) is 8.86. The van der Waals surface area contributed by atoms with Gasteiger partial charge in [0.25, 0.3) is 11.6 Å². The number of halogens is 3. The first-order chi connectivity index (χ1) is 15.5. The molecule has 1 aromatic heterocycles. The molecule has 8 heteroatoms. The van der Waals surface area contributed by atoms with Crippen LogP contribution in [0.3, 0.4) is 0 Å². The molecule has 0 N–H and O–H groups in total. The summed E-state index contributed by atoms with van der Waals surface area (Å²) in [4.78, 5) is 20.6. The molecule has 2 aromatic rings. The molecule has 0 bridgehead atoms. The van der Waals surface area contributed by atoms with E-state index >= 15 is 0 Å². The molecule has 0 unspecified atom stereocenters. The van der Waals surface area contributed by atoms with E-state index in [2.05, 4.69) is 9.88 Å². The monoisotopic (exact) mass is 482 g/mol. The summed E-state index contributed by atoms with van der Waals surface area (Å²) in [5.74, 6) is 1.31. The van der Waals surface area contributed by atoms with Crippen LogP contribution in [0.15, 0.2) is 24.3 Å². The highest BCUT2D eigenvalue weighted by Crippen LogP contribution is 2.35. The van der Waals surface area contributed by atoms with Crippen molar-refractivity contribution in [2.45, 2.75) is 57.9 Å². The summed E-state index contributed by atoms with van der Waals surface area (Å²) in [6.07, 6.45) is 4.71. The second kappa shape index (κ2) is 11.0. The number of ether oxygens (including phenoxy) is 1. The average molecular weight is 483 g/mol. The van der Waals surface area contributed by atoms with E-state index in [4.69, 9.17) is 16.3 Å². The number of carbonyl (C=O) groups is 1. The fourth-order valence-corrected chi connectivity index (χ4v) is 5.92. The molecule has 0 saturated heterocycles. The van der Waals surface area contributed by atoms with Crippen LogP contribution in [0.1, 0.15) is 59.5 Å². The topological polar surface area (TPSA) is 42.4 Å². The second-order valence-corrected chi connectivity index (χ2v) is 10.3. The van der Waals surface area contributed by atoms with Gasteiger partial charge in [-0.2, -0.15) is 0 Å². The van der Waals surface area contributed by atoms with Crippen LogP contribution in [0.2, 0.25) is 5.02 Å². The molecule has 0 spiro atoms. The van der Waals surface area contributed by atoms with Crippen molar-refractivity contribution >= 4 is 28.7 Å². The lowest BCUT2D eigenvalue weighted by Gasteiger charge is -2.31.